The van der Waals surface area contributed by atoms with Crippen LogP contribution in [0.15, 0.2) is 54.9 Å². The number of pyridine rings is 1. The molecular weight excluding hydrogens is 554 g/mol. The first-order valence-electron chi connectivity index (χ1n) is 15.8. The van der Waals surface area contributed by atoms with Crippen molar-refractivity contribution in [1.82, 2.24) is 19.8 Å². The number of aldehydes is 1. The number of fused-ring (bicyclic) bond motifs is 2. The maximum atomic E-state index is 11.8. The van der Waals surface area contributed by atoms with Gasteiger partial charge in [-0.3, -0.25) is 14.6 Å². The van der Waals surface area contributed by atoms with Gasteiger partial charge in [0.25, 0.3) is 0 Å². The monoisotopic (exact) mass is 593 g/mol. The number of rotatable bonds is 8. The zero-order valence-electron chi connectivity index (χ0n) is 25.3. The molecule has 9 nitrogen and oxygen atoms in total. The van der Waals surface area contributed by atoms with Gasteiger partial charge >= 0.3 is 0 Å². The number of hydrogen-bond donors (Lipinski definition) is 1. The number of aromatic amines is 1. The molecular formula is C35H39N5O4. The smallest absolute Gasteiger partial charge is 0.164 e. The van der Waals surface area contributed by atoms with Crippen LogP contribution in [-0.2, 0) is 13.0 Å². The molecule has 0 bridgehead atoms. The molecule has 4 aromatic rings. The fourth-order valence-corrected chi connectivity index (χ4v) is 7.71. The van der Waals surface area contributed by atoms with Crippen LogP contribution < -0.4 is 19.1 Å². The number of methoxy groups -OCH3 is 1. The van der Waals surface area contributed by atoms with Gasteiger partial charge in [-0.1, -0.05) is 6.07 Å². The average Bonchev–Trinajstić information content (AvgIpc) is 3.48. The summed E-state index contributed by atoms with van der Waals surface area (Å²) in [6, 6.07) is 15.0. The van der Waals surface area contributed by atoms with Crippen LogP contribution in [0.1, 0.15) is 40.7 Å². The number of aromatic nitrogens is 2. The van der Waals surface area contributed by atoms with Gasteiger partial charge in [-0.2, -0.15) is 0 Å². The molecule has 1 spiro atoms. The quantitative estimate of drug-likeness (QED) is 0.276. The summed E-state index contributed by atoms with van der Waals surface area (Å²) in [6.45, 7) is 8.33. The predicted molar refractivity (Wildman–Crippen MR) is 169 cm³/mol. The molecule has 1 N–H and O–H groups in total. The molecule has 1 aliphatic carbocycles. The number of benzene rings is 2. The van der Waals surface area contributed by atoms with Crippen LogP contribution in [0.3, 0.4) is 0 Å². The summed E-state index contributed by atoms with van der Waals surface area (Å²) in [5.74, 6) is 3.01. The summed E-state index contributed by atoms with van der Waals surface area (Å²) in [6.07, 6.45) is 9.07. The molecule has 3 fully saturated rings. The number of carbonyl (C=O) groups is 1. The first-order valence-corrected chi connectivity index (χ1v) is 15.8. The minimum atomic E-state index is 0.414. The van der Waals surface area contributed by atoms with Gasteiger partial charge in [0.1, 0.15) is 17.1 Å². The number of piperazine rings is 1. The predicted octanol–water partition coefficient (Wildman–Crippen LogP) is 5.29. The molecule has 0 unspecified atom stereocenters. The standard InChI is InChI=1S/C35H39N5O4/c1-42-32-14-24(13-25-3-2-12-43-33(25)32)20-38-8-10-39(11-9-38)29-17-35(18-29)22-40(23-35)28-5-4-27(21-41)31(16-28)44-30-15-26-6-7-36-34(26)37-19-30/h4-7,13-16,19,21,29H,2-3,8-12,17-18,20,22-23H2,1H3,(H,36,37). The maximum Gasteiger partial charge on any atom is 0.164 e. The van der Waals surface area contributed by atoms with Crippen LogP contribution in [0, 0.1) is 5.41 Å². The lowest BCUT2D eigenvalue weighted by Gasteiger charge is -2.62. The van der Waals surface area contributed by atoms with E-state index < -0.39 is 0 Å². The van der Waals surface area contributed by atoms with Crippen molar-refractivity contribution in [2.75, 3.05) is 57.9 Å². The molecule has 228 valence electrons. The van der Waals surface area contributed by atoms with Gasteiger partial charge in [0, 0.05) is 80.6 Å². The lowest BCUT2D eigenvalue weighted by molar-refractivity contribution is -0.0380. The maximum absolute atomic E-state index is 11.8. The first kappa shape index (κ1) is 27.5. The Morgan fingerprint density at radius 3 is 2.75 bits per heavy atom. The van der Waals surface area contributed by atoms with E-state index in [0.717, 1.165) is 99.8 Å². The van der Waals surface area contributed by atoms with Gasteiger partial charge in [-0.15, -0.1) is 0 Å². The molecule has 3 aliphatic heterocycles. The Kier molecular flexibility index (Phi) is 6.95. The van der Waals surface area contributed by atoms with E-state index in [9.17, 15) is 4.79 Å². The number of carbonyl (C=O) groups excluding carboxylic acids is 1. The van der Waals surface area contributed by atoms with E-state index in [1.54, 1.807) is 13.3 Å². The van der Waals surface area contributed by atoms with Gasteiger partial charge < -0.3 is 24.1 Å². The van der Waals surface area contributed by atoms with E-state index in [1.165, 1.54) is 24.0 Å². The van der Waals surface area contributed by atoms with E-state index >= 15 is 0 Å². The Balaban J connectivity index is 0.840. The van der Waals surface area contributed by atoms with Crippen molar-refractivity contribution in [1.29, 1.82) is 0 Å². The molecule has 2 saturated heterocycles. The lowest BCUT2D eigenvalue weighted by atomic mass is 9.60. The topological polar surface area (TPSA) is 83.2 Å². The van der Waals surface area contributed by atoms with Crippen LogP contribution in [-0.4, -0.2) is 85.1 Å². The second-order valence-corrected chi connectivity index (χ2v) is 13.0. The molecule has 2 aromatic heterocycles. The summed E-state index contributed by atoms with van der Waals surface area (Å²) in [5, 5.41) is 0.975. The van der Waals surface area contributed by atoms with Crippen molar-refractivity contribution in [3.63, 3.8) is 0 Å². The fraction of sp³-hybridized carbons (Fsp3) is 0.429. The van der Waals surface area contributed by atoms with E-state index in [2.05, 4.69) is 36.8 Å². The highest BCUT2D eigenvalue weighted by Crippen LogP contribution is 2.52. The highest BCUT2D eigenvalue weighted by Gasteiger charge is 2.54. The Bertz CT molecular complexity index is 1660. The SMILES string of the molecule is COc1cc(CN2CCN(C3CC4(C3)CN(c3ccc(C=O)c(Oc5cnc6[nH]ccc6c5)c3)C4)CC2)cc2c1OCCC2. The number of ether oxygens (including phenoxy) is 3. The summed E-state index contributed by atoms with van der Waals surface area (Å²) >= 11 is 0. The molecule has 0 amide bonds. The van der Waals surface area contributed by atoms with Gasteiger partial charge in [0.2, 0.25) is 0 Å². The fourth-order valence-electron chi connectivity index (χ4n) is 7.71. The summed E-state index contributed by atoms with van der Waals surface area (Å²) in [4.78, 5) is 27.0. The van der Waals surface area contributed by atoms with Crippen molar-refractivity contribution in [2.24, 2.45) is 5.41 Å². The zero-order valence-corrected chi connectivity index (χ0v) is 25.3. The molecule has 0 radical (unpaired) electrons. The number of aryl methyl sites for hydroxylation is 1. The number of hydrogen-bond acceptors (Lipinski definition) is 8. The minimum absolute atomic E-state index is 0.414. The minimum Gasteiger partial charge on any atom is -0.493 e. The van der Waals surface area contributed by atoms with E-state index in [1.807, 2.05) is 36.5 Å². The molecule has 8 rings (SSSR count). The third-order valence-corrected chi connectivity index (χ3v) is 10.1. The molecule has 9 heteroatoms. The molecule has 4 aliphatic rings. The Labute approximate surface area is 257 Å². The van der Waals surface area contributed by atoms with E-state index in [-0.39, 0.29) is 0 Å². The second-order valence-electron chi connectivity index (χ2n) is 13.0. The van der Waals surface area contributed by atoms with Crippen molar-refractivity contribution in [3.8, 4) is 23.0 Å². The highest BCUT2D eigenvalue weighted by atomic mass is 16.5. The zero-order chi connectivity index (χ0) is 29.7. The van der Waals surface area contributed by atoms with Crippen LogP contribution in [0.4, 0.5) is 5.69 Å². The number of nitrogens with one attached hydrogen (secondary N) is 1. The van der Waals surface area contributed by atoms with Crippen LogP contribution >= 0.6 is 0 Å². The van der Waals surface area contributed by atoms with Crippen molar-refractivity contribution in [3.05, 3.63) is 71.5 Å². The van der Waals surface area contributed by atoms with Gasteiger partial charge in [-0.25, -0.2) is 4.98 Å². The third-order valence-electron chi connectivity index (χ3n) is 10.1. The molecule has 44 heavy (non-hydrogen) atoms. The third kappa shape index (κ3) is 5.08. The van der Waals surface area contributed by atoms with Gasteiger partial charge in [0.15, 0.2) is 17.8 Å². The van der Waals surface area contributed by atoms with Gasteiger partial charge in [0.05, 0.1) is 25.5 Å². The van der Waals surface area contributed by atoms with E-state index in [4.69, 9.17) is 14.2 Å². The average molecular weight is 594 g/mol. The summed E-state index contributed by atoms with van der Waals surface area (Å²) < 4.78 is 17.7. The van der Waals surface area contributed by atoms with Crippen LogP contribution in [0.2, 0.25) is 0 Å². The molecule has 2 aromatic carbocycles. The Morgan fingerprint density at radius 2 is 1.93 bits per heavy atom. The van der Waals surface area contributed by atoms with Crippen molar-refractivity contribution in [2.45, 2.75) is 38.3 Å². The normalized spacial score (nSPS) is 20.1. The van der Waals surface area contributed by atoms with Crippen LogP contribution in [0.5, 0.6) is 23.0 Å². The Morgan fingerprint density at radius 1 is 1.07 bits per heavy atom. The molecule has 5 heterocycles. The number of anilines is 1. The largest absolute Gasteiger partial charge is 0.493 e. The van der Waals surface area contributed by atoms with Crippen LogP contribution in [0.25, 0.3) is 11.0 Å². The first-order chi connectivity index (χ1) is 21.6. The van der Waals surface area contributed by atoms with Gasteiger partial charge in [-0.05, 0) is 67.1 Å². The molecule has 0 atom stereocenters. The second kappa shape index (κ2) is 11.1. The lowest BCUT2D eigenvalue weighted by Crippen LogP contribution is -2.68. The summed E-state index contributed by atoms with van der Waals surface area (Å²) in [5.41, 5.74) is 5.49. The molecule has 1 saturated carbocycles. The number of nitrogens with zero attached hydrogens (tertiary/aromatic N) is 4. The van der Waals surface area contributed by atoms with Crippen molar-refractivity contribution >= 4 is 23.0 Å². The Hall–Kier alpha value is -4.08. The number of H-pyrrole nitrogens is 1. The summed E-state index contributed by atoms with van der Waals surface area (Å²) in [7, 11) is 1.74. The highest BCUT2D eigenvalue weighted by molar-refractivity contribution is 5.82. The van der Waals surface area contributed by atoms with Crippen molar-refractivity contribution < 1.29 is 19.0 Å². The van der Waals surface area contributed by atoms with E-state index in [0.29, 0.717) is 28.5 Å².